The number of carbonyl (C=O) groups excluding carboxylic acids is 1. The molecule has 0 spiro atoms. The Morgan fingerprint density at radius 3 is 1.45 bits per heavy atom. The Kier molecular flexibility index (Phi) is 36.6. The Balaban J connectivity index is 3.47. The van der Waals surface area contributed by atoms with Crippen LogP contribution in [0.1, 0.15) is 187 Å². The molecule has 1 N–H and O–H groups in total. The van der Waals surface area contributed by atoms with Crippen molar-refractivity contribution in [1.82, 2.24) is 0 Å². The minimum absolute atomic E-state index is 0.179. The molecule has 0 heterocycles. The number of hydrogen-bond acceptors (Lipinski definition) is 4. The van der Waals surface area contributed by atoms with Crippen LogP contribution < -0.4 is 0 Å². The Labute approximate surface area is 274 Å². The molecule has 0 fully saturated rings. The van der Waals surface area contributed by atoms with Crippen molar-refractivity contribution in [1.29, 1.82) is 0 Å². The quantitative estimate of drug-likeness (QED) is 0.0436. The number of allylic oxidation sites excluding steroid dienone is 6. The highest BCUT2D eigenvalue weighted by atomic mass is 16.6. The van der Waals surface area contributed by atoms with Crippen molar-refractivity contribution < 1.29 is 19.4 Å². The molecule has 0 saturated heterocycles. The maximum absolute atomic E-state index is 12.1. The van der Waals surface area contributed by atoms with E-state index in [0.29, 0.717) is 13.0 Å². The molecule has 44 heavy (non-hydrogen) atoms. The Morgan fingerprint density at radius 1 is 0.545 bits per heavy atom. The monoisotopic (exact) mass is 619 g/mol. The maximum atomic E-state index is 12.1. The van der Waals surface area contributed by atoms with E-state index in [-0.39, 0.29) is 19.2 Å². The lowest BCUT2D eigenvalue weighted by atomic mass is 10.1. The Morgan fingerprint density at radius 2 is 0.955 bits per heavy atom. The van der Waals surface area contributed by atoms with Crippen LogP contribution in [0.25, 0.3) is 0 Å². The first kappa shape index (κ1) is 42.6. The zero-order valence-corrected chi connectivity index (χ0v) is 29.4. The van der Waals surface area contributed by atoms with Gasteiger partial charge in [0.05, 0.1) is 13.2 Å². The number of aliphatic hydroxyl groups is 1. The summed E-state index contributed by atoms with van der Waals surface area (Å²) in [4.78, 5) is 12.1. The zero-order chi connectivity index (χ0) is 32.0. The molecule has 0 aliphatic rings. The number of unbranched alkanes of at least 4 members (excludes halogenated alkanes) is 21. The van der Waals surface area contributed by atoms with E-state index in [2.05, 4.69) is 50.3 Å². The molecule has 258 valence electrons. The lowest BCUT2D eigenvalue weighted by Crippen LogP contribution is -2.27. The fourth-order valence-electron chi connectivity index (χ4n) is 5.29. The van der Waals surface area contributed by atoms with Gasteiger partial charge in [0, 0.05) is 13.0 Å². The number of hydrogen-bond donors (Lipinski definition) is 1. The van der Waals surface area contributed by atoms with Crippen molar-refractivity contribution in [3.05, 3.63) is 36.5 Å². The number of esters is 1. The standard InChI is InChI=1S/C40H74O4/c1-3-5-7-9-11-13-15-17-19-20-22-24-26-28-30-32-34-36-43-38-39(37-41)44-40(42)35-33-31-29-27-25-23-21-18-16-14-12-10-8-6-4-2/h13,15,18-21,39,41H,3-12,14,16-17,22-38H2,1-2H3/b15-13-,20-19-,21-18-. The van der Waals surface area contributed by atoms with Crippen molar-refractivity contribution in [3.8, 4) is 0 Å². The summed E-state index contributed by atoms with van der Waals surface area (Å²) < 4.78 is 11.1. The minimum atomic E-state index is -0.542. The second-order valence-corrected chi connectivity index (χ2v) is 12.6. The summed E-state index contributed by atoms with van der Waals surface area (Å²) in [5, 5.41) is 9.56. The van der Waals surface area contributed by atoms with E-state index in [1.165, 1.54) is 135 Å². The predicted octanol–water partition coefficient (Wildman–Crippen LogP) is 12.1. The zero-order valence-electron chi connectivity index (χ0n) is 29.4. The van der Waals surface area contributed by atoms with Crippen LogP contribution in [-0.4, -0.2) is 37.0 Å². The summed E-state index contributed by atoms with van der Waals surface area (Å²) in [5.41, 5.74) is 0. The predicted molar refractivity (Wildman–Crippen MR) is 191 cm³/mol. The molecule has 1 unspecified atom stereocenters. The average molecular weight is 619 g/mol. The number of carbonyl (C=O) groups is 1. The molecule has 0 amide bonds. The summed E-state index contributed by atoms with van der Waals surface area (Å²) >= 11 is 0. The summed E-state index contributed by atoms with van der Waals surface area (Å²) in [7, 11) is 0. The van der Waals surface area contributed by atoms with E-state index in [1.807, 2.05) is 0 Å². The molecule has 0 aliphatic carbocycles. The van der Waals surface area contributed by atoms with Gasteiger partial charge in [-0.05, 0) is 70.6 Å². The highest BCUT2D eigenvalue weighted by Gasteiger charge is 2.13. The topological polar surface area (TPSA) is 55.8 Å². The third-order valence-electron chi connectivity index (χ3n) is 8.19. The highest BCUT2D eigenvalue weighted by molar-refractivity contribution is 5.69. The van der Waals surface area contributed by atoms with E-state index in [1.54, 1.807) is 0 Å². The molecular formula is C40H74O4. The van der Waals surface area contributed by atoms with Crippen LogP contribution in [0.5, 0.6) is 0 Å². The largest absolute Gasteiger partial charge is 0.457 e. The molecule has 0 saturated carbocycles. The fourth-order valence-corrected chi connectivity index (χ4v) is 5.29. The van der Waals surface area contributed by atoms with Gasteiger partial charge in [-0.3, -0.25) is 4.79 Å². The summed E-state index contributed by atoms with van der Waals surface area (Å²) in [5.74, 6) is -0.214. The molecule has 0 aromatic rings. The molecular weight excluding hydrogens is 544 g/mol. The molecule has 0 aromatic heterocycles. The van der Waals surface area contributed by atoms with E-state index in [9.17, 15) is 9.90 Å². The van der Waals surface area contributed by atoms with Gasteiger partial charge in [-0.1, -0.05) is 147 Å². The first-order valence-electron chi connectivity index (χ1n) is 19.1. The highest BCUT2D eigenvalue weighted by Crippen LogP contribution is 2.12. The first-order valence-corrected chi connectivity index (χ1v) is 19.1. The van der Waals surface area contributed by atoms with Crippen LogP contribution in [-0.2, 0) is 14.3 Å². The average Bonchev–Trinajstić information content (AvgIpc) is 3.03. The van der Waals surface area contributed by atoms with Crippen LogP contribution in [0.2, 0.25) is 0 Å². The van der Waals surface area contributed by atoms with Gasteiger partial charge in [0.1, 0.15) is 6.10 Å². The third kappa shape index (κ3) is 35.1. The van der Waals surface area contributed by atoms with Crippen molar-refractivity contribution in [2.24, 2.45) is 0 Å². The normalized spacial score (nSPS) is 12.7. The van der Waals surface area contributed by atoms with Gasteiger partial charge in [0.15, 0.2) is 0 Å². The van der Waals surface area contributed by atoms with Gasteiger partial charge in [-0.25, -0.2) is 0 Å². The summed E-state index contributed by atoms with van der Waals surface area (Å²) in [6.07, 6.45) is 46.1. The van der Waals surface area contributed by atoms with Crippen molar-refractivity contribution in [2.45, 2.75) is 193 Å². The van der Waals surface area contributed by atoms with Crippen molar-refractivity contribution >= 4 is 5.97 Å². The molecule has 0 aromatic carbocycles. The first-order chi connectivity index (χ1) is 21.7. The molecule has 0 radical (unpaired) electrons. The second kappa shape index (κ2) is 37.8. The molecule has 1 atom stereocenters. The van der Waals surface area contributed by atoms with E-state index >= 15 is 0 Å². The van der Waals surface area contributed by atoms with Crippen LogP contribution in [0.3, 0.4) is 0 Å². The number of aliphatic hydroxyl groups excluding tert-OH is 1. The fraction of sp³-hybridized carbons (Fsp3) is 0.825. The van der Waals surface area contributed by atoms with Crippen molar-refractivity contribution in [3.63, 3.8) is 0 Å². The number of rotatable bonds is 35. The maximum Gasteiger partial charge on any atom is 0.306 e. The van der Waals surface area contributed by atoms with Crippen LogP contribution in [0, 0.1) is 0 Å². The SMILES string of the molecule is CCCCCC/C=C\C/C=C\CCCCCCCCOCC(CO)OC(=O)CCCCCCC/C=C\CCCCCCCC. The summed E-state index contributed by atoms with van der Waals surface area (Å²) in [6.45, 7) is 5.30. The van der Waals surface area contributed by atoms with Gasteiger partial charge >= 0.3 is 5.97 Å². The minimum Gasteiger partial charge on any atom is -0.457 e. The van der Waals surface area contributed by atoms with Crippen LogP contribution >= 0.6 is 0 Å². The lowest BCUT2D eigenvalue weighted by Gasteiger charge is -2.15. The smallest absolute Gasteiger partial charge is 0.306 e. The lowest BCUT2D eigenvalue weighted by molar-refractivity contribution is -0.154. The van der Waals surface area contributed by atoms with E-state index < -0.39 is 6.10 Å². The van der Waals surface area contributed by atoms with Crippen LogP contribution in [0.4, 0.5) is 0 Å². The van der Waals surface area contributed by atoms with Crippen LogP contribution in [0.15, 0.2) is 36.5 Å². The third-order valence-corrected chi connectivity index (χ3v) is 8.19. The van der Waals surface area contributed by atoms with E-state index in [4.69, 9.17) is 9.47 Å². The molecule has 4 heteroatoms. The molecule has 0 aliphatic heterocycles. The molecule has 4 nitrogen and oxygen atoms in total. The number of ether oxygens (including phenoxy) is 2. The Hall–Kier alpha value is -1.39. The summed E-state index contributed by atoms with van der Waals surface area (Å²) in [6, 6.07) is 0. The van der Waals surface area contributed by atoms with Gasteiger partial charge in [0.25, 0.3) is 0 Å². The van der Waals surface area contributed by atoms with Gasteiger partial charge in [0.2, 0.25) is 0 Å². The molecule has 0 rings (SSSR count). The van der Waals surface area contributed by atoms with Gasteiger partial charge < -0.3 is 14.6 Å². The van der Waals surface area contributed by atoms with Gasteiger partial charge in [-0.15, -0.1) is 0 Å². The van der Waals surface area contributed by atoms with E-state index in [0.717, 1.165) is 32.1 Å². The molecule has 0 bridgehead atoms. The van der Waals surface area contributed by atoms with Crippen molar-refractivity contribution in [2.75, 3.05) is 19.8 Å². The second-order valence-electron chi connectivity index (χ2n) is 12.6. The Bertz CT molecular complexity index is 654. The van der Waals surface area contributed by atoms with Gasteiger partial charge in [-0.2, -0.15) is 0 Å².